The van der Waals surface area contributed by atoms with Crippen molar-refractivity contribution >= 4 is 39.7 Å². The first-order valence-corrected chi connectivity index (χ1v) is 22.4. The number of aromatic nitrogens is 2. The zero-order chi connectivity index (χ0) is 62.3. The van der Waals surface area contributed by atoms with E-state index in [1.807, 2.05) is 12.1 Å². The van der Waals surface area contributed by atoms with Gasteiger partial charge in [-0.1, -0.05) is 78.9 Å². The van der Waals surface area contributed by atoms with Gasteiger partial charge in [0.15, 0.2) is 6.20 Å². The molecule has 7 aromatic rings. The predicted octanol–water partition coefficient (Wildman–Crippen LogP) is 13.6. The summed E-state index contributed by atoms with van der Waals surface area (Å²) in [5, 5.41) is 8.80. The molecular formula is C52H26BF24N3O3. The average Bonchev–Trinajstić information content (AvgIpc) is 1.21. The van der Waals surface area contributed by atoms with Gasteiger partial charge in [-0.25, -0.2) is 4.79 Å². The Morgan fingerprint density at radius 2 is 0.747 bits per heavy atom. The van der Waals surface area contributed by atoms with Gasteiger partial charge in [0.1, 0.15) is 18.1 Å². The molecule has 0 aliphatic rings. The summed E-state index contributed by atoms with van der Waals surface area (Å²) in [4.78, 5) is 28.8. The summed E-state index contributed by atoms with van der Waals surface area (Å²) < 4.78 is 348. The molecule has 0 bridgehead atoms. The molecule has 438 valence electrons. The van der Waals surface area contributed by atoms with Gasteiger partial charge >= 0.3 is 61.1 Å². The Labute approximate surface area is 448 Å². The van der Waals surface area contributed by atoms with Crippen molar-refractivity contribution in [2.45, 2.75) is 56.0 Å². The van der Waals surface area contributed by atoms with Crippen LogP contribution < -0.4 is 31.2 Å². The molecule has 0 amide bonds. The Bertz CT molecular complexity index is 3140. The standard InChI is InChI=1S/C32H12BF24.C20H14N3O3/c34-25(35,36)13-1-14(26(37,38)39)6-21(5-13)33(22-7-15(27(40,41)42)2-16(8-22)28(43,44)45,23-9-17(29(46,47)48)3-18(10-23)30(49,50)51)24-11-19(31(52,53)54)4-20(12-24)32(55,56)57;21-12-15-6-8-17(9-7-15)26-20(25)18-13-22-10-11-23(18)14-19(24)16-4-2-1-3-5-16/h1-12H;1-11,13H,14H2/q-1;+1. The molecule has 6 nitrogen and oxygen atoms in total. The maximum absolute atomic E-state index is 14.2. The number of nitrogens with zero attached hydrogens (tertiary/aromatic N) is 3. The number of hydrogen-bond acceptors (Lipinski definition) is 5. The number of halogens is 24. The van der Waals surface area contributed by atoms with Crippen molar-refractivity contribution in [1.29, 1.82) is 5.26 Å². The summed E-state index contributed by atoms with van der Waals surface area (Å²) in [5.74, 6) is -0.461. The third-order valence-electron chi connectivity index (χ3n) is 12.1. The third-order valence-corrected chi connectivity index (χ3v) is 12.1. The minimum absolute atomic E-state index is 0.00959. The van der Waals surface area contributed by atoms with Crippen molar-refractivity contribution in [1.82, 2.24) is 4.98 Å². The number of carbonyl (C=O) groups excluding carboxylic acids is 2. The normalized spacial score (nSPS) is 13.0. The minimum atomic E-state index is -6.13. The molecule has 83 heavy (non-hydrogen) atoms. The summed E-state index contributed by atoms with van der Waals surface area (Å²) in [6.45, 7) is -0.00959. The molecule has 0 aliphatic heterocycles. The Morgan fingerprint density at radius 1 is 0.446 bits per heavy atom. The molecule has 0 N–H and O–H groups in total. The summed E-state index contributed by atoms with van der Waals surface area (Å²) in [7, 11) is 0. The van der Waals surface area contributed by atoms with Crippen LogP contribution >= 0.6 is 0 Å². The van der Waals surface area contributed by atoms with Gasteiger partial charge in [-0.15, -0.1) is 0 Å². The fraction of sp³-hybridized carbons (Fsp3) is 0.173. The van der Waals surface area contributed by atoms with E-state index in [1.165, 1.54) is 29.1 Å². The van der Waals surface area contributed by atoms with Gasteiger partial charge in [-0.2, -0.15) is 137 Å². The fourth-order valence-corrected chi connectivity index (χ4v) is 8.39. The first-order valence-electron chi connectivity index (χ1n) is 22.4. The van der Waals surface area contributed by atoms with E-state index in [-0.39, 0.29) is 18.0 Å². The van der Waals surface area contributed by atoms with Crippen LogP contribution in [-0.4, -0.2) is 22.9 Å². The van der Waals surface area contributed by atoms with Crippen molar-refractivity contribution in [2.75, 3.05) is 0 Å². The van der Waals surface area contributed by atoms with Gasteiger partial charge in [-0.05, 0) is 48.5 Å². The summed E-state index contributed by atoms with van der Waals surface area (Å²) in [6, 6.07) is 8.20. The van der Waals surface area contributed by atoms with E-state index in [9.17, 15) is 115 Å². The van der Waals surface area contributed by atoms with Crippen LogP contribution in [0.5, 0.6) is 5.75 Å². The number of rotatable bonds is 9. The van der Waals surface area contributed by atoms with Crippen LogP contribution in [0.15, 0.2) is 146 Å². The second-order valence-electron chi connectivity index (χ2n) is 17.6. The quantitative estimate of drug-likeness (QED) is 0.0359. The summed E-state index contributed by atoms with van der Waals surface area (Å²) in [6.07, 6.45) is -50.4. The minimum Gasteiger partial charge on any atom is -0.419 e. The lowest BCUT2D eigenvalue weighted by Crippen LogP contribution is -2.75. The van der Waals surface area contributed by atoms with Gasteiger partial charge in [0.2, 0.25) is 12.3 Å². The topological polar surface area (TPSA) is 83.9 Å². The van der Waals surface area contributed by atoms with Crippen molar-refractivity contribution in [2.24, 2.45) is 0 Å². The molecule has 31 heteroatoms. The second-order valence-corrected chi connectivity index (χ2v) is 17.6. The number of carbonyl (C=O) groups is 2. The van der Waals surface area contributed by atoms with E-state index in [1.54, 1.807) is 42.6 Å². The van der Waals surface area contributed by atoms with E-state index < -0.39 is 201 Å². The molecule has 0 atom stereocenters. The number of esters is 1. The molecule has 0 aliphatic carbocycles. The molecule has 0 saturated heterocycles. The highest BCUT2D eigenvalue weighted by atomic mass is 19.4. The molecule has 1 heterocycles. The Hall–Kier alpha value is -8.59. The third kappa shape index (κ3) is 14.9. The van der Waals surface area contributed by atoms with Gasteiger partial charge in [0.25, 0.3) is 0 Å². The lowest BCUT2D eigenvalue weighted by Gasteiger charge is -2.46. The van der Waals surface area contributed by atoms with Gasteiger partial charge in [0.05, 0.1) is 62.3 Å². The number of benzene rings is 6. The van der Waals surface area contributed by atoms with Crippen molar-refractivity contribution < 1.29 is 124 Å². The van der Waals surface area contributed by atoms with Crippen LogP contribution in [0.25, 0.3) is 0 Å². The number of Topliss-reactive ketones (excluding diaryl/α,β-unsaturated/α-hetero) is 1. The smallest absolute Gasteiger partial charge is 0.416 e. The molecule has 1 aromatic heterocycles. The van der Waals surface area contributed by atoms with Crippen LogP contribution in [-0.2, 0) is 56.0 Å². The van der Waals surface area contributed by atoms with E-state index in [0.29, 0.717) is 16.9 Å². The lowest BCUT2D eigenvalue weighted by molar-refractivity contribution is -0.686. The highest BCUT2D eigenvalue weighted by molar-refractivity contribution is 7.20. The van der Waals surface area contributed by atoms with Crippen LogP contribution in [0.2, 0.25) is 0 Å². The van der Waals surface area contributed by atoms with E-state index in [0.717, 1.165) is 0 Å². The summed E-state index contributed by atoms with van der Waals surface area (Å²) >= 11 is 0. The molecule has 0 unspecified atom stereocenters. The predicted molar refractivity (Wildman–Crippen MR) is 241 cm³/mol. The Kier molecular flexibility index (Phi) is 17.3. The molecule has 0 radical (unpaired) electrons. The van der Waals surface area contributed by atoms with E-state index in [4.69, 9.17) is 10.00 Å². The Balaban J connectivity index is 0.000000352. The highest BCUT2D eigenvalue weighted by Crippen LogP contribution is 2.41. The van der Waals surface area contributed by atoms with Gasteiger partial charge in [-0.3, -0.25) is 9.78 Å². The van der Waals surface area contributed by atoms with Crippen LogP contribution in [0.3, 0.4) is 0 Å². The zero-order valence-corrected chi connectivity index (χ0v) is 40.3. The molecule has 7 rings (SSSR count). The van der Waals surface area contributed by atoms with Gasteiger partial charge < -0.3 is 4.74 Å². The number of ether oxygens (including phenoxy) is 1. The number of alkyl halides is 24. The largest absolute Gasteiger partial charge is 0.419 e. The van der Waals surface area contributed by atoms with Crippen LogP contribution in [0.4, 0.5) is 105 Å². The lowest BCUT2D eigenvalue weighted by atomic mass is 9.12. The highest BCUT2D eigenvalue weighted by Gasteiger charge is 2.47. The van der Waals surface area contributed by atoms with E-state index in [2.05, 4.69) is 4.98 Å². The molecular weight excluding hydrogens is 1180 g/mol. The average molecular weight is 1210 g/mol. The number of nitriles is 1. The maximum atomic E-state index is 14.2. The second kappa shape index (κ2) is 22.6. The monoisotopic (exact) mass is 1210 g/mol. The Morgan fingerprint density at radius 3 is 1.02 bits per heavy atom. The number of ketones is 1. The van der Waals surface area contributed by atoms with Crippen molar-refractivity contribution in [3.05, 3.63) is 207 Å². The summed E-state index contributed by atoms with van der Waals surface area (Å²) in [5.41, 5.74) is -29.0. The zero-order valence-electron chi connectivity index (χ0n) is 40.3. The molecule has 0 fully saturated rings. The van der Waals surface area contributed by atoms with Crippen LogP contribution in [0, 0.1) is 11.3 Å². The van der Waals surface area contributed by atoms with Gasteiger partial charge in [0, 0.05) is 5.56 Å². The first kappa shape index (κ1) is 63.6. The molecule has 6 aromatic carbocycles. The van der Waals surface area contributed by atoms with Crippen molar-refractivity contribution in [3.8, 4) is 11.8 Å². The fourth-order valence-electron chi connectivity index (χ4n) is 8.39. The molecule has 0 spiro atoms. The van der Waals surface area contributed by atoms with Crippen LogP contribution in [0.1, 0.15) is 70.9 Å². The maximum Gasteiger partial charge on any atom is 0.416 e. The molecule has 0 saturated carbocycles. The van der Waals surface area contributed by atoms with Crippen molar-refractivity contribution in [3.63, 3.8) is 0 Å². The number of hydrogen-bond donors (Lipinski definition) is 0. The van der Waals surface area contributed by atoms with E-state index >= 15 is 0 Å². The SMILES string of the molecule is FC(F)(F)c1cc([B-](c2cc(C(F)(F)F)cc(C(F)(F)F)c2)(c2cc(C(F)(F)F)cc(C(F)(F)F)c2)c2cc(C(F)(F)F)cc(C(F)(F)F)c2)cc(C(F)(F)F)c1.N#Cc1ccc(OC(=O)c2cncc[n+]2CC(=O)c2ccccc2)cc1. The first-order chi connectivity index (χ1) is 37.9.